The van der Waals surface area contributed by atoms with Crippen LogP contribution in [0.2, 0.25) is 0 Å². The third-order valence-corrected chi connectivity index (χ3v) is 3.18. The molecule has 4 heteroatoms. The van der Waals surface area contributed by atoms with Crippen molar-refractivity contribution in [2.75, 3.05) is 5.75 Å². The molecule has 0 N–H and O–H groups in total. The first-order valence-corrected chi connectivity index (χ1v) is 7.44. The van der Waals surface area contributed by atoms with Crippen molar-refractivity contribution in [3.05, 3.63) is 24.0 Å². The number of aromatic nitrogens is 2. The number of thiol groups is 1. The molecule has 0 radical (unpaired) electrons. The van der Waals surface area contributed by atoms with Gasteiger partial charge in [0.15, 0.2) is 0 Å². The number of fused-ring (bicyclic) bond motifs is 1. The molecule has 0 fully saturated rings. The summed E-state index contributed by atoms with van der Waals surface area (Å²) in [5, 5.41) is 0. The van der Waals surface area contributed by atoms with Crippen LogP contribution >= 0.6 is 12.6 Å². The van der Waals surface area contributed by atoms with Crippen LogP contribution in [-0.2, 0) is 6.42 Å². The largest absolute Gasteiger partial charge is 0.491 e. The van der Waals surface area contributed by atoms with E-state index in [-0.39, 0.29) is 6.10 Å². The maximum absolute atomic E-state index is 5.73. The van der Waals surface area contributed by atoms with E-state index in [9.17, 15) is 0 Å². The standard InChI is InChI=1S/C15H22N2OS/c1-10(2)17-14-6-5-12(18-11(3)4)9-13(14)16-15(17)7-8-19/h5-6,9-11,19H,7-8H2,1-4H3. The normalized spacial score (nSPS) is 11.7. The monoisotopic (exact) mass is 278 g/mol. The summed E-state index contributed by atoms with van der Waals surface area (Å²) in [7, 11) is 0. The van der Waals surface area contributed by atoms with Gasteiger partial charge in [-0.05, 0) is 45.6 Å². The summed E-state index contributed by atoms with van der Waals surface area (Å²) in [4.78, 5) is 4.73. The molecule has 0 aliphatic rings. The Morgan fingerprint density at radius 2 is 2.00 bits per heavy atom. The van der Waals surface area contributed by atoms with E-state index in [4.69, 9.17) is 9.72 Å². The Bertz CT molecular complexity index is 561. The average molecular weight is 278 g/mol. The highest BCUT2D eigenvalue weighted by Gasteiger charge is 2.13. The van der Waals surface area contributed by atoms with Gasteiger partial charge in [-0.2, -0.15) is 12.6 Å². The molecule has 0 amide bonds. The smallest absolute Gasteiger partial charge is 0.121 e. The van der Waals surface area contributed by atoms with Gasteiger partial charge in [-0.25, -0.2) is 4.98 Å². The number of imidazole rings is 1. The van der Waals surface area contributed by atoms with E-state index in [0.29, 0.717) is 6.04 Å². The first-order valence-electron chi connectivity index (χ1n) is 6.81. The van der Waals surface area contributed by atoms with Crippen molar-refractivity contribution >= 4 is 23.7 Å². The summed E-state index contributed by atoms with van der Waals surface area (Å²) in [6, 6.07) is 6.54. The van der Waals surface area contributed by atoms with Crippen molar-refractivity contribution in [2.45, 2.75) is 46.3 Å². The highest BCUT2D eigenvalue weighted by atomic mass is 32.1. The maximum Gasteiger partial charge on any atom is 0.121 e. The van der Waals surface area contributed by atoms with E-state index >= 15 is 0 Å². The third-order valence-electron chi connectivity index (χ3n) is 2.96. The number of hydrogen-bond acceptors (Lipinski definition) is 3. The van der Waals surface area contributed by atoms with Crippen LogP contribution in [0.5, 0.6) is 5.75 Å². The highest BCUT2D eigenvalue weighted by molar-refractivity contribution is 7.80. The van der Waals surface area contributed by atoms with Gasteiger partial charge < -0.3 is 9.30 Å². The molecular formula is C15H22N2OS. The molecule has 0 spiro atoms. The van der Waals surface area contributed by atoms with E-state index in [1.165, 1.54) is 5.52 Å². The summed E-state index contributed by atoms with van der Waals surface area (Å²) in [6.45, 7) is 8.43. The molecule has 19 heavy (non-hydrogen) atoms. The summed E-state index contributed by atoms with van der Waals surface area (Å²) in [5.74, 6) is 2.79. The van der Waals surface area contributed by atoms with Gasteiger partial charge in [0.25, 0.3) is 0 Å². The second-order valence-electron chi connectivity index (χ2n) is 5.28. The maximum atomic E-state index is 5.73. The van der Waals surface area contributed by atoms with E-state index in [0.717, 1.165) is 29.3 Å². The fourth-order valence-electron chi connectivity index (χ4n) is 2.33. The molecule has 0 aliphatic carbocycles. The summed E-state index contributed by atoms with van der Waals surface area (Å²) in [5.41, 5.74) is 2.17. The van der Waals surface area contributed by atoms with Gasteiger partial charge in [-0.15, -0.1) is 0 Å². The Labute approximate surface area is 120 Å². The molecule has 3 nitrogen and oxygen atoms in total. The Morgan fingerprint density at radius 3 is 2.58 bits per heavy atom. The predicted molar refractivity (Wildman–Crippen MR) is 83.4 cm³/mol. The highest BCUT2D eigenvalue weighted by Crippen LogP contribution is 2.25. The lowest BCUT2D eigenvalue weighted by molar-refractivity contribution is 0.242. The Kier molecular flexibility index (Phi) is 4.40. The fourth-order valence-corrected chi connectivity index (χ4v) is 2.53. The van der Waals surface area contributed by atoms with Gasteiger partial charge in [-0.3, -0.25) is 0 Å². The van der Waals surface area contributed by atoms with Gasteiger partial charge in [0.1, 0.15) is 11.6 Å². The van der Waals surface area contributed by atoms with Gasteiger partial charge in [-0.1, -0.05) is 0 Å². The number of aryl methyl sites for hydroxylation is 1. The van der Waals surface area contributed by atoms with Crippen molar-refractivity contribution in [3.8, 4) is 5.75 Å². The molecule has 104 valence electrons. The predicted octanol–water partition coefficient (Wildman–Crippen LogP) is 3.88. The molecule has 0 bridgehead atoms. The zero-order valence-electron chi connectivity index (χ0n) is 12.1. The van der Waals surface area contributed by atoms with Gasteiger partial charge >= 0.3 is 0 Å². The molecule has 0 saturated heterocycles. The number of benzene rings is 1. The summed E-state index contributed by atoms with van der Waals surface area (Å²) < 4.78 is 8.01. The second-order valence-corrected chi connectivity index (χ2v) is 5.73. The first-order chi connectivity index (χ1) is 9.02. The third kappa shape index (κ3) is 3.06. The Hall–Kier alpha value is -1.16. The van der Waals surface area contributed by atoms with Crippen molar-refractivity contribution in [1.82, 2.24) is 9.55 Å². The van der Waals surface area contributed by atoms with Gasteiger partial charge in [0.2, 0.25) is 0 Å². The van der Waals surface area contributed by atoms with Crippen LogP contribution in [0.25, 0.3) is 11.0 Å². The minimum atomic E-state index is 0.182. The average Bonchev–Trinajstić information content (AvgIpc) is 2.65. The number of nitrogens with zero attached hydrogens (tertiary/aromatic N) is 2. The summed E-state index contributed by atoms with van der Waals surface area (Å²) in [6.07, 6.45) is 1.07. The van der Waals surface area contributed by atoms with Crippen LogP contribution < -0.4 is 4.74 Å². The number of rotatable bonds is 5. The summed E-state index contributed by atoms with van der Waals surface area (Å²) >= 11 is 4.32. The van der Waals surface area contributed by atoms with Crippen molar-refractivity contribution in [2.24, 2.45) is 0 Å². The lowest BCUT2D eigenvalue weighted by atomic mass is 10.2. The van der Waals surface area contributed by atoms with Gasteiger partial charge in [0.05, 0.1) is 17.1 Å². The molecule has 2 rings (SSSR count). The van der Waals surface area contributed by atoms with Crippen molar-refractivity contribution < 1.29 is 4.74 Å². The van der Waals surface area contributed by atoms with Crippen LogP contribution in [0.1, 0.15) is 39.6 Å². The second kappa shape index (κ2) is 5.87. The van der Waals surface area contributed by atoms with Crippen LogP contribution in [-0.4, -0.2) is 21.4 Å². The first kappa shape index (κ1) is 14.3. The SMILES string of the molecule is CC(C)Oc1ccc2c(c1)nc(CCS)n2C(C)C. The molecule has 1 aromatic heterocycles. The van der Waals surface area contributed by atoms with Crippen LogP contribution in [0.3, 0.4) is 0 Å². The van der Waals surface area contributed by atoms with Crippen molar-refractivity contribution in [1.29, 1.82) is 0 Å². The molecule has 1 heterocycles. The van der Waals surface area contributed by atoms with Crippen LogP contribution in [0, 0.1) is 0 Å². The van der Waals surface area contributed by atoms with Gasteiger partial charge in [0, 0.05) is 18.5 Å². The molecule has 0 unspecified atom stereocenters. The molecule has 0 saturated carbocycles. The molecule has 1 aromatic carbocycles. The van der Waals surface area contributed by atoms with Crippen LogP contribution in [0.15, 0.2) is 18.2 Å². The van der Waals surface area contributed by atoms with E-state index in [1.807, 2.05) is 26.0 Å². The molecular weight excluding hydrogens is 256 g/mol. The topological polar surface area (TPSA) is 27.1 Å². The molecule has 0 aliphatic heterocycles. The lowest BCUT2D eigenvalue weighted by Crippen LogP contribution is -2.07. The zero-order valence-corrected chi connectivity index (χ0v) is 12.9. The molecule has 2 aromatic rings. The Balaban J connectivity index is 2.49. The quantitative estimate of drug-likeness (QED) is 0.840. The van der Waals surface area contributed by atoms with E-state index in [1.54, 1.807) is 0 Å². The van der Waals surface area contributed by atoms with Crippen LogP contribution in [0.4, 0.5) is 0 Å². The number of ether oxygens (including phenoxy) is 1. The van der Waals surface area contributed by atoms with Crippen molar-refractivity contribution in [3.63, 3.8) is 0 Å². The lowest BCUT2D eigenvalue weighted by Gasteiger charge is -2.13. The molecule has 0 atom stereocenters. The van der Waals surface area contributed by atoms with E-state index < -0.39 is 0 Å². The Morgan fingerprint density at radius 1 is 1.26 bits per heavy atom. The zero-order chi connectivity index (χ0) is 14.0. The minimum absolute atomic E-state index is 0.182. The fraction of sp³-hybridized carbons (Fsp3) is 0.533. The number of hydrogen-bond donors (Lipinski definition) is 1. The minimum Gasteiger partial charge on any atom is -0.491 e. The van der Waals surface area contributed by atoms with E-state index in [2.05, 4.69) is 37.1 Å².